The van der Waals surface area contributed by atoms with Crippen LogP contribution in [0.5, 0.6) is 5.75 Å². The van der Waals surface area contributed by atoms with Crippen LogP contribution in [0, 0.1) is 5.41 Å². The minimum Gasteiger partial charge on any atom is -0.508 e. The molecule has 0 aliphatic heterocycles. The molecule has 104 valence electrons. The van der Waals surface area contributed by atoms with E-state index in [1.54, 1.807) is 36.4 Å². The Hall–Kier alpha value is -2.63. The van der Waals surface area contributed by atoms with Crippen molar-refractivity contribution in [3.8, 4) is 17.0 Å². The number of benzene rings is 1. The molecule has 0 fully saturated rings. The van der Waals surface area contributed by atoms with Gasteiger partial charge in [-0.05, 0) is 42.8 Å². The van der Waals surface area contributed by atoms with Crippen molar-refractivity contribution < 1.29 is 15.0 Å². The lowest BCUT2D eigenvalue weighted by Crippen LogP contribution is -2.22. The lowest BCUT2D eigenvalue weighted by Gasteiger charge is -2.08. The SMILES string of the molecule is N=c1ccc(-c2ccc(O)cc2)nn1CCCC(=O)O. The number of hydrogen-bond acceptors (Lipinski definition) is 4. The van der Waals surface area contributed by atoms with Gasteiger partial charge in [0.25, 0.3) is 0 Å². The fraction of sp³-hybridized carbons (Fsp3) is 0.214. The number of nitrogens with one attached hydrogen (secondary N) is 1. The predicted molar refractivity (Wildman–Crippen MR) is 72.1 cm³/mol. The number of hydrogen-bond donors (Lipinski definition) is 3. The zero-order chi connectivity index (χ0) is 14.5. The molecule has 6 nitrogen and oxygen atoms in total. The molecular formula is C14H15N3O3. The van der Waals surface area contributed by atoms with Crippen molar-refractivity contribution in [2.75, 3.05) is 0 Å². The zero-order valence-corrected chi connectivity index (χ0v) is 10.8. The van der Waals surface area contributed by atoms with E-state index in [-0.39, 0.29) is 17.7 Å². The van der Waals surface area contributed by atoms with Gasteiger partial charge in [-0.1, -0.05) is 0 Å². The molecule has 0 amide bonds. The zero-order valence-electron chi connectivity index (χ0n) is 10.8. The van der Waals surface area contributed by atoms with Crippen LogP contribution in [0.4, 0.5) is 0 Å². The molecule has 20 heavy (non-hydrogen) atoms. The van der Waals surface area contributed by atoms with Gasteiger partial charge < -0.3 is 10.2 Å². The maximum absolute atomic E-state index is 10.5. The van der Waals surface area contributed by atoms with Gasteiger partial charge in [-0.15, -0.1) is 0 Å². The van der Waals surface area contributed by atoms with Crippen LogP contribution in [-0.4, -0.2) is 26.0 Å². The average molecular weight is 273 g/mol. The molecule has 1 aromatic heterocycles. The number of carboxylic acid groups (broad SMARTS) is 1. The summed E-state index contributed by atoms with van der Waals surface area (Å²) in [6.45, 7) is 0.386. The first kappa shape index (κ1) is 13.8. The van der Waals surface area contributed by atoms with Gasteiger partial charge in [-0.2, -0.15) is 5.10 Å². The summed E-state index contributed by atoms with van der Waals surface area (Å²) < 4.78 is 1.48. The summed E-state index contributed by atoms with van der Waals surface area (Å²) >= 11 is 0. The Labute approximate surface area is 115 Å². The van der Waals surface area contributed by atoms with E-state index >= 15 is 0 Å². The quantitative estimate of drug-likeness (QED) is 0.770. The Kier molecular flexibility index (Phi) is 4.14. The molecular weight excluding hydrogens is 258 g/mol. The molecule has 2 rings (SSSR count). The molecule has 0 saturated carbocycles. The van der Waals surface area contributed by atoms with Crippen LogP contribution in [0.1, 0.15) is 12.8 Å². The van der Waals surface area contributed by atoms with Gasteiger partial charge in [0.2, 0.25) is 0 Å². The molecule has 0 aliphatic rings. The smallest absolute Gasteiger partial charge is 0.303 e. The summed E-state index contributed by atoms with van der Waals surface area (Å²) in [5, 5.41) is 30.0. The number of aromatic hydroxyl groups is 1. The van der Waals surface area contributed by atoms with Crippen molar-refractivity contribution in [2.24, 2.45) is 0 Å². The molecule has 0 spiro atoms. The summed E-state index contributed by atoms with van der Waals surface area (Å²) in [6.07, 6.45) is 0.482. The highest BCUT2D eigenvalue weighted by molar-refractivity contribution is 5.66. The molecule has 0 saturated heterocycles. The van der Waals surface area contributed by atoms with Crippen molar-refractivity contribution in [1.82, 2.24) is 9.78 Å². The van der Waals surface area contributed by atoms with E-state index in [1.807, 2.05) is 0 Å². The molecule has 0 bridgehead atoms. The summed E-state index contributed by atoms with van der Waals surface area (Å²) in [7, 11) is 0. The minimum atomic E-state index is -0.855. The van der Waals surface area contributed by atoms with Gasteiger partial charge in [-0.25, -0.2) is 4.68 Å². The third-order valence-electron chi connectivity index (χ3n) is 2.83. The third kappa shape index (κ3) is 3.44. The molecule has 6 heteroatoms. The molecule has 0 unspecified atom stereocenters. The lowest BCUT2D eigenvalue weighted by atomic mass is 10.1. The third-order valence-corrected chi connectivity index (χ3v) is 2.83. The molecule has 2 aromatic rings. The van der Waals surface area contributed by atoms with Gasteiger partial charge in [0.15, 0.2) is 0 Å². The first-order valence-electron chi connectivity index (χ1n) is 6.20. The second-order valence-electron chi connectivity index (χ2n) is 4.37. The van der Waals surface area contributed by atoms with E-state index in [2.05, 4.69) is 5.10 Å². The molecule has 0 aliphatic carbocycles. The largest absolute Gasteiger partial charge is 0.508 e. The van der Waals surface area contributed by atoms with Crippen molar-refractivity contribution in [2.45, 2.75) is 19.4 Å². The summed E-state index contributed by atoms with van der Waals surface area (Å²) in [5.41, 5.74) is 1.74. The molecule has 0 atom stereocenters. The van der Waals surface area contributed by atoms with Crippen LogP contribution in [0.3, 0.4) is 0 Å². The van der Waals surface area contributed by atoms with E-state index in [1.165, 1.54) is 4.68 Å². The monoisotopic (exact) mass is 273 g/mol. The number of rotatable bonds is 5. The van der Waals surface area contributed by atoms with Crippen LogP contribution >= 0.6 is 0 Å². The second kappa shape index (κ2) is 6.01. The van der Waals surface area contributed by atoms with E-state index in [0.717, 1.165) is 5.56 Å². The van der Waals surface area contributed by atoms with Crippen LogP contribution < -0.4 is 5.49 Å². The topological polar surface area (TPSA) is 99.2 Å². The van der Waals surface area contributed by atoms with Gasteiger partial charge in [-0.3, -0.25) is 10.2 Å². The second-order valence-corrected chi connectivity index (χ2v) is 4.37. The summed E-state index contributed by atoms with van der Waals surface area (Å²) in [5.74, 6) is -0.674. The van der Waals surface area contributed by atoms with Crippen LogP contribution in [0.2, 0.25) is 0 Å². The van der Waals surface area contributed by atoms with Gasteiger partial charge in [0, 0.05) is 18.5 Å². The number of phenolic OH excluding ortho intramolecular Hbond substituents is 1. The summed E-state index contributed by atoms with van der Waals surface area (Å²) in [4.78, 5) is 10.5. The van der Waals surface area contributed by atoms with E-state index in [0.29, 0.717) is 18.7 Å². The Morgan fingerprint density at radius 1 is 1.20 bits per heavy atom. The highest BCUT2D eigenvalue weighted by atomic mass is 16.4. The van der Waals surface area contributed by atoms with Crippen molar-refractivity contribution in [3.63, 3.8) is 0 Å². The maximum Gasteiger partial charge on any atom is 0.303 e. The highest BCUT2D eigenvalue weighted by Gasteiger charge is 2.03. The number of aliphatic carboxylic acids is 1. The Balaban J connectivity index is 2.21. The van der Waals surface area contributed by atoms with Crippen LogP contribution in [0.25, 0.3) is 11.3 Å². The fourth-order valence-corrected chi connectivity index (χ4v) is 1.80. The van der Waals surface area contributed by atoms with Gasteiger partial charge in [0.1, 0.15) is 11.2 Å². The molecule has 1 aromatic carbocycles. The molecule has 3 N–H and O–H groups in total. The minimum absolute atomic E-state index is 0.0531. The number of aryl methyl sites for hydroxylation is 1. The average Bonchev–Trinajstić information content (AvgIpc) is 2.41. The molecule has 0 radical (unpaired) electrons. The Morgan fingerprint density at radius 2 is 1.90 bits per heavy atom. The van der Waals surface area contributed by atoms with Gasteiger partial charge in [0.05, 0.1) is 5.69 Å². The molecule has 1 heterocycles. The Bertz CT molecular complexity index is 662. The first-order chi connectivity index (χ1) is 9.56. The van der Waals surface area contributed by atoms with Crippen molar-refractivity contribution in [1.29, 1.82) is 5.41 Å². The van der Waals surface area contributed by atoms with Crippen LogP contribution in [-0.2, 0) is 11.3 Å². The van der Waals surface area contributed by atoms with Crippen molar-refractivity contribution >= 4 is 5.97 Å². The predicted octanol–water partition coefficient (Wildman–Crippen LogP) is 1.60. The standard InChI is InChI=1S/C14H15N3O3/c15-13-8-7-12(10-3-5-11(18)6-4-10)16-17(13)9-1-2-14(19)20/h3-8,15,18H,1-2,9H2,(H,19,20). The van der Waals surface area contributed by atoms with E-state index in [9.17, 15) is 9.90 Å². The first-order valence-corrected chi connectivity index (χ1v) is 6.20. The number of nitrogens with zero attached hydrogens (tertiary/aromatic N) is 2. The number of carbonyl (C=O) groups is 1. The number of aromatic nitrogens is 2. The van der Waals surface area contributed by atoms with Crippen molar-refractivity contribution in [3.05, 3.63) is 41.9 Å². The Morgan fingerprint density at radius 3 is 2.55 bits per heavy atom. The van der Waals surface area contributed by atoms with Gasteiger partial charge >= 0.3 is 5.97 Å². The van der Waals surface area contributed by atoms with E-state index < -0.39 is 5.97 Å². The maximum atomic E-state index is 10.5. The van der Waals surface area contributed by atoms with E-state index in [4.69, 9.17) is 10.5 Å². The van der Waals surface area contributed by atoms with Crippen LogP contribution in [0.15, 0.2) is 36.4 Å². The highest BCUT2D eigenvalue weighted by Crippen LogP contribution is 2.18. The fourth-order valence-electron chi connectivity index (χ4n) is 1.80. The number of phenols is 1. The lowest BCUT2D eigenvalue weighted by molar-refractivity contribution is -0.137. The summed E-state index contributed by atoms with van der Waals surface area (Å²) in [6, 6.07) is 9.96. The normalized spacial score (nSPS) is 10.4. The number of carboxylic acids is 1.